The number of nitrogen functional groups attached to an aromatic ring is 1. The summed E-state index contributed by atoms with van der Waals surface area (Å²) >= 11 is 0. The molecule has 138 valence electrons. The average molecular weight is 353 g/mol. The molecule has 0 saturated carbocycles. The van der Waals surface area contributed by atoms with Crippen molar-refractivity contribution in [1.82, 2.24) is 4.90 Å². The lowest BCUT2D eigenvalue weighted by molar-refractivity contribution is 0.0396. The second-order valence-electron chi connectivity index (χ2n) is 7.22. The van der Waals surface area contributed by atoms with Gasteiger partial charge in [-0.15, -0.1) is 0 Å². The van der Waals surface area contributed by atoms with Crippen molar-refractivity contribution in [2.45, 2.75) is 25.0 Å². The van der Waals surface area contributed by atoms with Crippen LogP contribution in [0.25, 0.3) is 0 Å². The van der Waals surface area contributed by atoms with E-state index in [9.17, 15) is 5.11 Å². The highest BCUT2D eigenvalue weighted by molar-refractivity contribution is 5.58. The first-order valence-electron chi connectivity index (χ1n) is 9.33. The molecule has 3 N–H and O–H groups in total. The van der Waals surface area contributed by atoms with Crippen LogP contribution in [0.1, 0.15) is 11.1 Å². The monoisotopic (exact) mass is 353 g/mol. The summed E-state index contributed by atoms with van der Waals surface area (Å²) in [7, 11) is 1.72. The summed E-state index contributed by atoms with van der Waals surface area (Å²) in [6.45, 7) is 3.73. The van der Waals surface area contributed by atoms with Crippen LogP contribution < -0.4 is 15.4 Å². The molecule has 1 saturated heterocycles. The first kappa shape index (κ1) is 17.2. The molecule has 0 amide bonds. The van der Waals surface area contributed by atoms with E-state index in [1.54, 1.807) is 7.11 Å². The molecule has 5 heteroatoms. The van der Waals surface area contributed by atoms with Gasteiger partial charge in [0.15, 0.2) is 0 Å². The number of nitrogens with zero attached hydrogens (tertiary/aromatic N) is 2. The number of aliphatic hydroxyl groups is 1. The average Bonchev–Trinajstić information content (AvgIpc) is 2.68. The molecule has 1 aliphatic carbocycles. The SMILES string of the molecule is COc1ccccc1N1CCN(C2Cc3c(N)cccc3CC2O)CC1. The molecule has 0 aromatic heterocycles. The highest BCUT2D eigenvalue weighted by atomic mass is 16.5. The fourth-order valence-corrected chi connectivity index (χ4v) is 4.36. The van der Waals surface area contributed by atoms with E-state index in [4.69, 9.17) is 10.5 Å². The van der Waals surface area contributed by atoms with Gasteiger partial charge in [0.2, 0.25) is 0 Å². The molecule has 5 nitrogen and oxygen atoms in total. The number of nitrogens with two attached hydrogens (primary N) is 1. The molecular formula is C21H27N3O2. The summed E-state index contributed by atoms with van der Waals surface area (Å²) in [5, 5.41) is 10.7. The molecule has 1 fully saturated rings. The van der Waals surface area contributed by atoms with Crippen molar-refractivity contribution in [2.75, 3.05) is 43.9 Å². The number of rotatable bonds is 3. The second-order valence-corrected chi connectivity index (χ2v) is 7.22. The smallest absolute Gasteiger partial charge is 0.142 e. The van der Waals surface area contributed by atoms with E-state index in [0.717, 1.165) is 49.7 Å². The Bertz CT molecular complexity index is 772. The van der Waals surface area contributed by atoms with E-state index in [-0.39, 0.29) is 12.1 Å². The Kier molecular flexibility index (Phi) is 4.74. The maximum Gasteiger partial charge on any atom is 0.142 e. The van der Waals surface area contributed by atoms with E-state index in [1.165, 1.54) is 11.1 Å². The van der Waals surface area contributed by atoms with Gasteiger partial charge in [0.1, 0.15) is 5.75 Å². The minimum Gasteiger partial charge on any atom is -0.495 e. The van der Waals surface area contributed by atoms with Crippen molar-refractivity contribution in [1.29, 1.82) is 0 Å². The van der Waals surface area contributed by atoms with Gasteiger partial charge < -0.3 is 20.5 Å². The van der Waals surface area contributed by atoms with Crippen molar-refractivity contribution in [3.63, 3.8) is 0 Å². The Hall–Kier alpha value is -2.24. The summed E-state index contributed by atoms with van der Waals surface area (Å²) in [5.74, 6) is 0.917. The fraction of sp³-hybridized carbons (Fsp3) is 0.429. The van der Waals surface area contributed by atoms with E-state index in [0.29, 0.717) is 6.42 Å². The number of hydrogen-bond acceptors (Lipinski definition) is 5. The number of aliphatic hydroxyl groups excluding tert-OH is 1. The first-order chi connectivity index (χ1) is 12.7. The molecule has 2 unspecified atom stereocenters. The Morgan fingerprint density at radius 3 is 2.54 bits per heavy atom. The number of anilines is 2. The highest BCUT2D eigenvalue weighted by Crippen LogP contribution is 2.32. The van der Waals surface area contributed by atoms with Crippen molar-refractivity contribution in [3.05, 3.63) is 53.6 Å². The lowest BCUT2D eigenvalue weighted by atomic mass is 9.84. The third-order valence-corrected chi connectivity index (χ3v) is 5.80. The molecule has 0 bridgehead atoms. The molecule has 0 radical (unpaired) electrons. The molecule has 26 heavy (non-hydrogen) atoms. The van der Waals surface area contributed by atoms with Crippen LogP contribution in [0.3, 0.4) is 0 Å². The Balaban J connectivity index is 1.46. The summed E-state index contributed by atoms with van der Waals surface area (Å²) < 4.78 is 5.50. The van der Waals surface area contributed by atoms with Gasteiger partial charge in [-0.25, -0.2) is 0 Å². The van der Waals surface area contributed by atoms with E-state index in [2.05, 4.69) is 28.0 Å². The minimum absolute atomic E-state index is 0.145. The molecule has 2 aromatic rings. The summed E-state index contributed by atoms with van der Waals surface area (Å²) in [6, 6.07) is 14.3. The quantitative estimate of drug-likeness (QED) is 0.826. The van der Waals surface area contributed by atoms with Crippen molar-refractivity contribution in [3.8, 4) is 5.75 Å². The number of methoxy groups -OCH3 is 1. The van der Waals surface area contributed by atoms with E-state index >= 15 is 0 Å². The molecule has 1 aliphatic heterocycles. The van der Waals surface area contributed by atoms with Gasteiger partial charge in [-0.3, -0.25) is 4.90 Å². The number of piperazine rings is 1. The largest absolute Gasteiger partial charge is 0.495 e. The van der Waals surface area contributed by atoms with Crippen LogP contribution in [-0.4, -0.2) is 55.4 Å². The molecule has 0 spiro atoms. The van der Waals surface area contributed by atoms with Crippen LogP contribution in [0, 0.1) is 0 Å². The number of ether oxygens (including phenoxy) is 1. The molecule has 2 aliphatic rings. The second kappa shape index (κ2) is 7.17. The molecule has 2 aromatic carbocycles. The van der Waals surface area contributed by atoms with Crippen LogP contribution >= 0.6 is 0 Å². The van der Waals surface area contributed by atoms with Crippen molar-refractivity contribution < 1.29 is 9.84 Å². The van der Waals surface area contributed by atoms with Gasteiger partial charge >= 0.3 is 0 Å². The van der Waals surface area contributed by atoms with E-state index < -0.39 is 0 Å². The molecule has 1 heterocycles. The van der Waals surface area contributed by atoms with Gasteiger partial charge in [0.05, 0.1) is 18.9 Å². The maximum absolute atomic E-state index is 10.7. The van der Waals surface area contributed by atoms with Crippen molar-refractivity contribution in [2.24, 2.45) is 0 Å². The topological polar surface area (TPSA) is 62.0 Å². The highest BCUT2D eigenvalue weighted by Gasteiger charge is 2.34. The zero-order valence-electron chi connectivity index (χ0n) is 15.3. The predicted octanol–water partition coefficient (Wildman–Crippen LogP) is 1.93. The molecule has 4 rings (SSSR count). The van der Waals surface area contributed by atoms with Gasteiger partial charge in [-0.05, 0) is 35.7 Å². The van der Waals surface area contributed by atoms with Crippen LogP contribution in [-0.2, 0) is 12.8 Å². The van der Waals surface area contributed by atoms with Gasteiger partial charge in [0.25, 0.3) is 0 Å². The van der Waals surface area contributed by atoms with Crippen LogP contribution in [0.4, 0.5) is 11.4 Å². The lowest BCUT2D eigenvalue weighted by Crippen LogP contribution is -2.56. The number of hydrogen-bond donors (Lipinski definition) is 2. The fourth-order valence-electron chi connectivity index (χ4n) is 4.36. The number of fused-ring (bicyclic) bond motifs is 1. The van der Waals surface area contributed by atoms with Crippen LogP contribution in [0.5, 0.6) is 5.75 Å². The predicted molar refractivity (Wildman–Crippen MR) is 105 cm³/mol. The number of para-hydroxylation sites is 2. The normalized spacial score (nSPS) is 23.5. The third kappa shape index (κ3) is 3.13. The number of benzene rings is 2. The third-order valence-electron chi connectivity index (χ3n) is 5.80. The summed E-state index contributed by atoms with van der Waals surface area (Å²) in [4.78, 5) is 4.79. The zero-order valence-corrected chi connectivity index (χ0v) is 15.3. The first-order valence-corrected chi connectivity index (χ1v) is 9.33. The Morgan fingerprint density at radius 2 is 1.77 bits per heavy atom. The lowest BCUT2D eigenvalue weighted by Gasteiger charge is -2.44. The summed E-state index contributed by atoms with van der Waals surface area (Å²) in [6.07, 6.45) is 1.19. The molecular weight excluding hydrogens is 326 g/mol. The van der Waals surface area contributed by atoms with Gasteiger partial charge in [-0.1, -0.05) is 24.3 Å². The molecule has 2 atom stereocenters. The standard InChI is InChI=1S/C21H27N3O2/c1-26-21-8-3-2-7-18(21)23-9-11-24(12-10-23)19-14-16-15(13-20(19)25)5-4-6-17(16)22/h2-8,19-20,25H,9-14,22H2,1H3. The zero-order chi connectivity index (χ0) is 18.1. The Morgan fingerprint density at radius 1 is 1.00 bits per heavy atom. The van der Waals surface area contributed by atoms with Crippen molar-refractivity contribution >= 4 is 11.4 Å². The minimum atomic E-state index is -0.331. The maximum atomic E-state index is 10.7. The van der Waals surface area contributed by atoms with Crippen LogP contribution in [0.2, 0.25) is 0 Å². The van der Waals surface area contributed by atoms with E-state index in [1.807, 2.05) is 24.3 Å². The van der Waals surface area contributed by atoms with Crippen LogP contribution in [0.15, 0.2) is 42.5 Å². The van der Waals surface area contributed by atoms with Gasteiger partial charge in [0, 0.05) is 44.3 Å². The Labute approximate surface area is 155 Å². The van der Waals surface area contributed by atoms with Gasteiger partial charge in [-0.2, -0.15) is 0 Å². The summed E-state index contributed by atoms with van der Waals surface area (Å²) in [5.41, 5.74) is 10.6.